The van der Waals surface area contributed by atoms with Gasteiger partial charge in [0.25, 0.3) is 6.33 Å². The Hall–Kier alpha value is -1.12. The normalized spacial score (nSPS) is 10.9. The van der Waals surface area contributed by atoms with Crippen LogP contribution in [0.15, 0.2) is 18.7 Å². The third-order valence-corrected chi connectivity index (χ3v) is 3.80. The van der Waals surface area contributed by atoms with Gasteiger partial charge in [0, 0.05) is 0 Å². The molecule has 0 atom stereocenters. The fourth-order valence-electron chi connectivity index (χ4n) is 2.49. The standard InChI is InChI=1S/C17H31N2O/c1-3-4-5-6-7-8-9-10-11-12-13-17(20)19-15-14-18(2)16-19/h14-16H,3-13H2,1-2H3/q+1. The first-order valence-corrected chi connectivity index (χ1v) is 8.30. The van der Waals surface area contributed by atoms with E-state index in [9.17, 15) is 4.79 Å². The number of nitrogens with zero attached hydrogens (tertiary/aromatic N) is 2. The van der Waals surface area contributed by atoms with Gasteiger partial charge in [-0.3, -0.25) is 0 Å². The molecule has 0 N–H and O–H groups in total. The van der Waals surface area contributed by atoms with Crippen LogP contribution in [0.25, 0.3) is 0 Å². The number of imidazole rings is 1. The summed E-state index contributed by atoms with van der Waals surface area (Å²) >= 11 is 0. The zero-order valence-corrected chi connectivity index (χ0v) is 13.3. The van der Waals surface area contributed by atoms with E-state index in [-0.39, 0.29) is 5.91 Å². The zero-order valence-electron chi connectivity index (χ0n) is 13.3. The minimum Gasteiger partial charge on any atom is -0.246 e. The Kier molecular flexibility index (Phi) is 9.01. The average Bonchev–Trinajstić information content (AvgIpc) is 2.87. The number of hydrogen-bond donors (Lipinski definition) is 0. The zero-order chi connectivity index (χ0) is 14.6. The second-order valence-corrected chi connectivity index (χ2v) is 5.81. The average molecular weight is 279 g/mol. The number of aryl methyl sites for hydroxylation is 1. The van der Waals surface area contributed by atoms with Crippen LogP contribution in [0.4, 0.5) is 0 Å². The molecule has 1 rings (SSSR count). The molecule has 3 nitrogen and oxygen atoms in total. The lowest BCUT2D eigenvalue weighted by molar-refractivity contribution is -0.670. The summed E-state index contributed by atoms with van der Waals surface area (Å²) in [5, 5.41) is 0. The van der Waals surface area contributed by atoms with Crippen molar-refractivity contribution >= 4 is 5.91 Å². The Bertz CT molecular complexity index is 371. The van der Waals surface area contributed by atoms with Crippen molar-refractivity contribution in [3.8, 4) is 0 Å². The van der Waals surface area contributed by atoms with Crippen LogP contribution in [0.1, 0.15) is 82.3 Å². The Morgan fingerprint density at radius 1 is 0.950 bits per heavy atom. The van der Waals surface area contributed by atoms with Gasteiger partial charge in [-0.05, 0) is 6.42 Å². The van der Waals surface area contributed by atoms with E-state index in [0.717, 1.165) is 6.42 Å². The molecule has 1 aromatic rings. The quantitative estimate of drug-likeness (QED) is 0.439. The van der Waals surface area contributed by atoms with Crippen molar-refractivity contribution < 1.29 is 9.36 Å². The van der Waals surface area contributed by atoms with Crippen LogP contribution < -0.4 is 4.57 Å². The van der Waals surface area contributed by atoms with E-state index in [0.29, 0.717) is 6.42 Å². The third kappa shape index (κ3) is 7.46. The lowest BCUT2D eigenvalue weighted by Gasteiger charge is -2.01. The third-order valence-electron chi connectivity index (χ3n) is 3.80. The van der Waals surface area contributed by atoms with Gasteiger partial charge >= 0.3 is 5.91 Å². The molecule has 0 saturated carbocycles. The lowest BCUT2D eigenvalue weighted by Crippen LogP contribution is -2.24. The highest BCUT2D eigenvalue weighted by atomic mass is 16.2. The predicted molar refractivity (Wildman–Crippen MR) is 82.7 cm³/mol. The second-order valence-electron chi connectivity index (χ2n) is 5.81. The molecule has 20 heavy (non-hydrogen) atoms. The van der Waals surface area contributed by atoms with Crippen molar-refractivity contribution in [2.45, 2.75) is 77.6 Å². The summed E-state index contributed by atoms with van der Waals surface area (Å²) < 4.78 is 3.59. The summed E-state index contributed by atoms with van der Waals surface area (Å²) in [6.45, 7) is 2.26. The molecule has 0 fully saturated rings. The maximum atomic E-state index is 11.8. The first kappa shape index (κ1) is 16.9. The SMILES string of the molecule is CCCCCCCCCCCCC(=O)n1cc[n+](C)c1. The predicted octanol–water partition coefficient (Wildman–Crippen LogP) is 4.26. The summed E-state index contributed by atoms with van der Waals surface area (Å²) in [4.78, 5) is 11.8. The van der Waals surface area contributed by atoms with Gasteiger partial charge in [0.1, 0.15) is 12.4 Å². The fraction of sp³-hybridized carbons (Fsp3) is 0.765. The van der Waals surface area contributed by atoms with Crippen molar-refractivity contribution in [2.75, 3.05) is 0 Å². The fourth-order valence-corrected chi connectivity index (χ4v) is 2.49. The van der Waals surface area contributed by atoms with Gasteiger partial charge < -0.3 is 0 Å². The molecule has 1 heterocycles. The van der Waals surface area contributed by atoms with Crippen molar-refractivity contribution in [3.63, 3.8) is 0 Å². The van der Waals surface area contributed by atoms with Gasteiger partial charge in [0.15, 0.2) is 0 Å². The van der Waals surface area contributed by atoms with Gasteiger partial charge in [-0.2, -0.15) is 4.57 Å². The molecular weight excluding hydrogens is 248 g/mol. The first-order valence-electron chi connectivity index (χ1n) is 8.30. The number of aromatic nitrogens is 2. The topological polar surface area (TPSA) is 25.9 Å². The van der Waals surface area contributed by atoms with Gasteiger partial charge in [-0.1, -0.05) is 64.7 Å². The smallest absolute Gasteiger partial charge is 0.246 e. The molecule has 0 aliphatic carbocycles. The molecule has 3 heteroatoms. The van der Waals surface area contributed by atoms with Crippen molar-refractivity contribution in [1.29, 1.82) is 0 Å². The van der Waals surface area contributed by atoms with Crippen LogP contribution in [0.3, 0.4) is 0 Å². The minimum atomic E-state index is 0.213. The van der Waals surface area contributed by atoms with Crippen LogP contribution >= 0.6 is 0 Å². The van der Waals surface area contributed by atoms with E-state index in [1.807, 2.05) is 30.3 Å². The van der Waals surface area contributed by atoms with Crippen molar-refractivity contribution in [1.82, 2.24) is 4.57 Å². The number of carbonyl (C=O) groups excluding carboxylic acids is 1. The van der Waals surface area contributed by atoms with E-state index in [1.165, 1.54) is 57.8 Å². The highest BCUT2D eigenvalue weighted by Crippen LogP contribution is 2.11. The molecule has 1 aromatic heterocycles. The highest BCUT2D eigenvalue weighted by Gasteiger charge is 2.10. The molecule has 0 aromatic carbocycles. The first-order chi connectivity index (χ1) is 9.74. The minimum absolute atomic E-state index is 0.213. The van der Waals surface area contributed by atoms with Crippen LogP contribution in [0.2, 0.25) is 0 Å². The molecule has 0 saturated heterocycles. The maximum Gasteiger partial charge on any atom is 0.313 e. The number of unbranched alkanes of at least 4 members (excludes halogenated alkanes) is 9. The van der Waals surface area contributed by atoms with Gasteiger partial charge in [-0.25, -0.2) is 9.36 Å². The second kappa shape index (κ2) is 10.6. The number of carbonyl (C=O) groups is 1. The van der Waals surface area contributed by atoms with Gasteiger partial charge in [0.2, 0.25) is 0 Å². The molecule has 0 spiro atoms. The molecule has 0 amide bonds. The van der Waals surface area contributed by atoms with E-state index in [4.69, 9.17) is 0 Å². The maximum absolute atomic E-state index is 11.8. The van der Waals surface area contributed by atoms with Crippen LogP contribution in [0, 0.1) is 0 Å². The molecule has 0 aliphatic heterocycles. The monoisotopic (exact) mass is 279 g/mol. The molecule has 0 unspecified atom stereocenters. The molecule has 0 bridgehead atoms. The largest absolute Gasteiger partial charge is 0.313 e. The van der Waals surface area contributed by atoms with Gasteiger partial charge in [0.05, 0.1) is 13.5 Å². The van der Waals surface area contributed by atoms with E-state index in [1.54, 1.807) is 4.57 Å². The molecule has 0 radical (unpaired) electrons. The highest BCUT2D eigenvalue weighted by molar-refractivity contribution is 5.78. The Morgan fingerprint density at radius 3 is 2.00 bits per heavy atom. The summed E-state index contributed by atoms with van der Waals surface area (Å²) in [5.41, 5.74) is 0. The Balaban J connectivity index is 1.91. The number of hydrogen-bond acceptors (Lipinski definition) is 1. The van der Waals surface area contributed by atoms with Crippen LogP contribution in [-0.4, -0.2) is 10.5 Å². The van der Waals surface area contributed by atoms with Crippen molar-refractivity contribution in [2.24, 2.45) is 7.05 Å². The Labute approximate surface area is 124 Å². The summed E-state index contributed by atoms with van der Waals surface area (Å²) in [7, 11) is 1.93. The number of rotatable bonds is 11. The summed E-state index contributed by atoms with van der Waals surface area (Å²) in [6.07, 6.45) is 19.3. The van der Waals surface area contributed by atoms with Crippen LogP contribution in [-0.2, 0) is 7.05 Å². The van der Waals surface area contributed by atoms with E-state index >= 15 is 0 Å². The lowest BCUT2D eigenvalue weighted by atomic mass is 10.1. The van der Waals surface area contributed by atoms with Crippen molar-refractivity contribution in [3.05, 3.63) is 18.7 Å². The van der Waals surface area contributed by atoms with E-state index < -0.39 is 0 Å². The van der Waals surface area contributed by atoms with Crippen LogP contribution in [0.5, 0.6) is 0 Å². The van der Waals surface area contributed by atoms with Gasteiger partial charge in [-0.15, -0.1) is 0 Å². The van der Waals surface area contributed by atoms with E-state index in [2.05, 4.69) is 6.92 Å². The Morgan fingerprint density at radius 2 is 1.50 bits per heavy atom. The molecule has 114 valence electrons. The molecule has 0 aliphatic rings. The summed E-state index contributed by atoms with van der Waals surface area (Å²) in [6, 6.07) is 0. The summed E-state index contributed by atoms with van der Waals surface area (Å²) in [5.74, 6) is 0.213. The molecular formula is C17H31N2O+.